The van der Waals surface area contributed by atoms with Gasteiger partial charge in [0, 0.05) is 86.8 Å². The fourth-order valence-corrected chi connectivity index (χ4v) is 11.8. The van der Waals surface area contributed by atoms with Gasteiger partial charge >= 0.3 is 5.97 Å². The van der Waals surface area contributed by atoms with Gasteiger partial charge in [-0.25, -0.2) is 9.18 Å². The Balaban J connectivity index is 0.723. The van der Waals surface area contributed by atoms with Gasteiger partial charge in [-0.05, 0) is 62.9 Å². The highest BCUT2D eigenvalue weighted by Gasteiger charge is 2.56. The van der Waals surface area contributed by atoms with Crippen LogP contribution in [0.3, 0.4) is 0 Å². The topological polar surface area (TPSA) is 458 Å². The molecule has 0 radical (unpaired) electrons. The van der Waals surface area contributed by atoms with Crippen LogP contribution in [-0.4, -0.2) is 234 Å². The lowest BCUT2D eigenvalue weighted by Crippen LogP contribution is -2.68. The number of carbonyl (C=O) groups is 2. The molecule has 29 nitrogen and oxygen atoms in total. The van der Waals surface area contributed by atoms with Gasteiger partial charge in [-0.2, -0.15) is 0 Å². The zero-order valence-electron chi connectivity index (χ0n) is 46.1. The number of nitrogens with two attached hydrogens (primary N) is 6. The van der Waals surface area contributed by atoms with Crippen molar-refractivity contribution in [2.45, 2.75) is 174 Å². The molecule has 19 atom stereocenters. The monoisotopic (exact) mass is 1180 g/mol. The molecular weight excluding hydrogens is 1110 g/mol. The van der Waals surface area contributed by atoms with Gasteiger partial charge in [0.25, 0.3) is 5.91 Å². The van der Waals surface area contributed by atoms with E-state index in [-0.39, 0.29) is 36.5 Å². The average Bonchev–Trinajstić information content (AvgIpc) is 3.39. The molecule has 2 aromatic carbocycles. The number of anilines is 2. The fraction of sp³-hybridized carbons (Fsp3) is 0.648. The predicted octanol–water partition coefficient (Wildman–Crippen LogP) is -4.12. The van der Waals surface area contributed by atoms with Crippen LogP contribution in [0, 0.1) is 5.82 Å². The van der Waals surface area contributed by atoms with E-state index in [1.807, 2.05) is 15.7 Å². The van der Waals surface area contributed by atoms with Crippen LogP contribution < -0.4 is 50.0 Å². The molecule has 2 saturated carbocycles. The van der Waals surface area contributed by atoms with Crippen LogP contribution in [0.15, 0.2) is 53.6 Å². The first-order valence-electron chi connectivity index (χ1n) is 28.6. The molecule has 0 bridgehead atoms. The Hall–Kier alpha value is -5.30. The number of aryl methyl sites for hydroxylation is 1. The van der Waals surface area contributed by atoms with Gasteiger partial charge in [-0.3, -0.25) is 19.2 Å². The number of aliphatic hydroxyl groups excluding tert-OH is 6. The molecule has 0 spiro atoms. The summed E-state index contributed by atoms with van der Waals surface area (Å²) in [6.45, 7) is 3.77. The molecule has 4 aromatic rings. The number of nitrogens with zero attached hydrogens (tertiary/aromatic N) is 6. The Morgan fingerprint density at radius 3 is 1.92 bits per heavy atom. The molecule has 84 heavy (non-hydrogen) atoms. The third-order valence-corrected chi connectivity index (χ3v) is 16.9. The van der Waals surface area contributed by atoms with Crippen molar-refractivity contribution in [2.75, 3.05) is 56.0 Å². The number of aliphatic hydroxyl groups is 6. The lowest BCUT2D eigenvalue weighted by molar-refractivity contribution is -0.306. The summed E-state index contributed by atoms with van der Waals surface area (Å²) in [5.74, 6) is -2.70. The standard InChI is InChI=1S/C54H78FN13O16/c55-29-17-27-33(68(26-9-10-26)22-28(39(27)69)51(77)78)19-34(29)66-15-13-65(14-16-66)11-3-1-2-4-12-67-23-32(63-64-67)24-5-7-25(8-6-24)62-50(76)49-48(82-53-38(61)44(74)42(72)36(21-57)80-53)45(75)54(84-49)83-47-40(70)30(58)18-31(59)46(47)81-52-37(60)43(73)41(71)35(20-56)79-52/h5-8,17,19,22-23,26,30-31,35-38,40-49,52-54,70-75H,1-4,9-16,18,20-21,56-61H2,(H,62,76)(H,77,78)/t30-,31+,35-,36+,37-,38-,40+,41-,42-,43-,44-,45-,46-,47-,48+,49+,52-,53-,54-/m1/s1. The molecule has 10 rings (SSSR count). The Bertz CT molecular complexity index is 2970. The molecule has 462 valence electrons. The highest BCUT2D eigenvalue weighted by atomic mass is 19.1. The average molecular weight is 1180 g/mol. The summed E-state index contributed by atoms with van der Waals surface area (Å²) < 4.78 is 55.2. The molecule has 6 fully saturated rings. The maximum Gasteiger partial charge on any atom is 0.341 e. The maximum absolute atomic E-state index is 15.5. The quantitative estimate of drug-likeness (QED) is 0.0353. The highest BCUT2D eigenvalue weighted by Crippen LogP contribution is 2.39. The van der Waals surface area contributed by atoms with E-state index in [0.717, 1.165) is 58.2 Å². The van der Waals surface area contributed by atoms with E-state index in [4.69, 9.17) is 62.8 Å². The molecule has 4 aliphatic heterocycles. The van der Waals surface area contributed by atoms with E-state index >= 15 is 4.39 Å². The predicted molar refractivity (Wildman–Crippen MR) is 296 cm³/mol. The minimum absolute atomic E-state index is 0.0111. The van der Waals surface area contributed by atoms with Crippen molar-refractivity contribution in [3.05, 3.63) is 70.4 Å². The zero-order valence-corrected chi connectivity index (χ0v) is 46.1. The SMILES string of the molecule is NC[C@@H]1O[C@H](O[C@H]2[C@@H](O)[C@H](O[C@@H]3[C@@H](O)[C@H](N)C[C@H](N)[C@H]3O[C@H]3O[C@H](CN)[C@@H](O)[C@H](O)[C@H]3N)O[C@@H]2C(=O)Nc2ccc(-c3cn(CCCCCCN4CCN(c5cc6c(cc5F)c(=O)c(C(=O)O)cn6C5CC5)CC4)nn3)cc2)[C@H](N)[C@@H](O)[C@@H]1O. The van der Waals surface area contributed by atoms with Gasteiger partial charge in [0.05, 0.1) is 35.6 Å². The number of carboxylic acid groups (broad SMARTS) is 1. The number of ether oxygens (including phenoxy) is 6. The number of aromatic nitrogens is 4. The van der Waals surface area contributed by atoms with Gasteiger partial charge in [0.1, 0.15) is 78.1 Å². The summed E-state index contributed by atoms with van der Waals surface area (Å²) in [7, 11) is 0. The number of carbonyl (C=O) groups excluding carboxylic acids is 1. The summed E-state index contributed by atoms with van der Waals surface area (Å²) in [5, 5.41) is 86.8. The minimum Gasteiger partial charge on any atom is -0.477 e. The number of hydrogen-bond acceptors (Lipinski definition) is 25. The Morgan fingerprint density at radius 2 is 1.31 bits per heavy atom. The Kier molecular flexibility index (Phi) is 19.4. The summed E-state index contributed by atoms with van der Waals surface area (Å²) in [6.07, 6.45) is -13.7. The summed E-state index contributed by atoms with van der Waals surface area (Å²) in [4.78, 5) is 43.3. The second-order valence-electron chi connectivity index (χ2n) is 22.8. The molecular formula is C54H78FN13O16. The molecule has 6 aliphatic rings. The van der Waals surface area contributed by atoms with Crippen LogP contribution in [0.1, 0.15) is 61.3 Å². The summed E-state index contributed by atoms with van der Waals surface area (Å²) in [5.41, 5.74) is 38.3. The van der Waals surface area contributed by atoms with Crippen molar-refractivity contribution in [2.24, 2.45) is 34.4 Å². The number of benzene rings is 2. The number of nitrogens with one attached hydrogen (secondary N) is 1. The fourth-order valence-electron chi connectivity index (χ4n) is 11.8. The first kappa shape index (κ1) is 61.8. The molecule has 2 aromatic heterocycles. The summed E-state index contributed by atoms with van der Waals surface area (Å²) in [6, 6.07) is 5.01. The smallest absolute Gasteiger partial charge is 0.341 e. The van der Waals surface area contributed by atoms with Crippen LogP contribution in [0.25, 0.3) is 22.2 Å². The van der Waals surface area contributed by atoms with Crippen LogP contribution in [0.4, 0.5) is 15.8 Å². The Morgan fingerprint density at radius 1 is 0.702 bits per heavy atom. The number of amides is 1. The lowest BCUT2D eigenvalue weighted by Gasteiger charge is -2.47. The van der Waals surface area contributed by atoms with E-state index in [0.29, 0.717) is 47.8 Å². The van der Waals surface area contributed by atoms with Gasteiger partial charge < -0.3 is 113 Å². The van der Waals surface area contributed by atoms with Crippen molar-refractivity contribution in [3.63, 3.8) is 0 Å². The largest absolute Gasteiger partial charge is 0.477 e. The number of rotatable bonds is 21. The van der Waals surface area contributed by atoms with E-state index < -0.39 is 139 Å². The van der Waals surface area contributed by atoms with E-state index in [2.05, 4.69) is 20.5 Å². The third kappa shape index (κ3) is 13.0. The van der Waals surface area contributed by atoms with E-state index in [9.17, 15) is 50.1 Å². The van der Waals surface area contributed by atoms with Crippen LogP contribution in [-0.2, 0) is 39.8 Å². The number of piperazine rings is 1. The number of aromatic carboxylic acids is 1. The normalized spacial score (nSPS) is 35.0. The Labute approximate surface area is 481 Å². The number of carboxylic acids is 1. The van der Waals surface area contributed by atoms with Gasteiger partial charge in [-0.1, -0.05) is 30.2 Å². The number of hydrogen-bond donors (Lipinski definition) is 14. The number of unbranched alkanes of at least 4 members (excludes halogenated alkanes) is 3. The molecule has 0 unspecified atom stereocenters. The minimum atomic E-state index is -1.85. The van der Waals surface area contributed by atoms with Crippen LogP contribution >= 0.6 is 0 Å². The van der Waals surface area contributed by atoms with Gasteiger partial charge in [-0.15, -0.1) is 5.10 Å². The molecule has 20 N–H and O–H groups in total. The number of fused-ring (bicyclic) bond motifs is 1. The third-order valence-electron chi connectivity index (χ3n) is 16.9. The van der Waals surface area contributed by atoms with Crippen molar-refractivity contribution >= 4 is 34.2 Å². The van der Waals surface area contributed by atoms with Gasteiger partial charge in [0.2, 0.25) is 5.43 Å². The first-order chi connectivity index (χ1) is 40.2. The van der Waals surface area contributed by atoms with Crippen molar-refractivity contribution < 1.29 is 78.1 Å². The van der Waals surface area contributed by atoms with Crippen molar-refractivity contribution in [1.82, 2.24) is 24.5 Å². The van der Waals surface area contributed by atoms with E-state index in [1.54, 1.807) is 35.0 Å². The van der Waals surface area contributed by atoms with E-state index in [1.165, 1.54) is 12.3 Å². The molecule has 6 heterocycles. The van der Waals surface area contributed by atoms with Crippen LogP contribution in [0.2, 0.25) is 0 Å². The lowest BCUT2D eigenvalue weighted by atomic mass is 9.84. The molecule has 1 amide bonds. The van der Waals surface area contributed by atoms with Gasteiger partial charge in [0.15, 0.2) is 25.0 Å². The molecule has 30 heteroatoms. The number of halogens is 1. The van der Waals surface area contributed by atoms with Crippen molar-refractivity contribution in [1.29, 1.82) is 0 Å². The second kappa shape index (κ2) is 26.4. The first-order valence-corrected chi connectivity index (χ1v) is 28.6. The second-order valence-corrected chi connectivity index (χ2v) is 22.8. The molecule has 4 saturated heterocycles. The highest BCUT2D eigenvalue weighted by molar-refractivity contribution is 5.95. The van der Waals surface area contributed by atoms with Crippen molar-refractivity contribution in [3.8, 4) is 11.3 Å². The zero-order chi connectivity index (χ0) is 59.8. The molecule has 2 aliphatic carbocycles. The van der Waals surface area contributed by atoms with Crippen LogP contribution in [0.5, 0.6) is 0 Å². The number of pyridine rings is 1. The summed E-state index contributed by atoms with van der Waals surface area (Å²) >= 11 is 0. The maximum atomic E-state index is 15.5.